The molecule has 1 rings (SSSR count). The van der Waals surface area contributed by atoms with Crippen LogP contribution in [0.1, 0.15) is 19.4 Å². The zero-order valence-corrected chi connectivity index (χ0v) is 18.2. The number of alkyl halides is 3. The second-order valence-corrected chi connectivity index (χ2v) is 7.11. The van der Waals surface area contributed by atoms with Gasteiger partial charge in [0.05, 0.1) is 5.71 Å². The highest BCUT2D eigenvalue weighted by molar-refractivity contribution is 14.1. The standard InChI is InChI=1S/C15H18F3IN6S2/c1-3-20-13(26)24-22-9(2)12(10-4-6-11(19)7-5-10)23-25-14(27)21-8-15(16,17)18/h4-7H,3,8H2,1-2H3,(H2,20,24,26)(H2,21,25,27). The first-order chi connectivity index (χ1) is 12.6. The number of thiocarbonyl (C=S) groups is 2. The van der Waals surface area contributed by atoms with E-state index in [0.29, 0.717) is 28.6 Å². The highest BCUT2D eigenvalue weighted by Crippen LogP contribution is 2.12. The van der Waals surface area contributed by atoms with Gasteiger partial charge in [-0.2, -0.15) is 23.4 Å². The lowest BCUT2D eigenvalue weighted by Crippen LogP contribution is -2.39. The summed E-state index contributed by atoms with van der Waals surface area (Å²) in [6.45, 7) is 2.96. The smallest absolute Gasteiger partial charge is 0.362 e. The van der Waals surface area contributed by atoms with Crippen LogP contribution in [0.3, 0.4) is 0 Å². The molecule has 0 aliphatic rings. The lowest BCUT2D eigenvalue weighted by Gasteiger charge is -2.12. The number of hydrogen-bond acceptors (Lipinski definition) is 4. The summed E-state index contributed by atoms with van der Waals surface area (Å²) in [7, 11) is 0. The van der Waals surface area contributed by atoms with Crippen molar-refractivity contribution in [1.29, 1.82) is 0 Å². The summed E-state index contributed by atoms with van der Waals surface area (Å²) in [5.74, 6) is 0. The first kappa shape index (κ1) is 23.5. The summed E-state index contributed by atoms with van der Waals surface area (Å²) < 4.78 is 37.8. The zero-order valence-electron chi connectivity index (χ0n) is 14.4. The van der Waals surface area contributed by atoms with Crippen molar-refractivity contribution in [3.8, 4) is 0 Å². The molecule has 0 aliphatic heterocycles. The number of hydrazone groups is 2. The van der Waals surface area contributed by atoms with E-state index in [1.165, 1.54) is 0 Å². The molecule has 0 atom stereocenters. The predicted molar refractivity (Wildman–Crippen MR) is 118 cm³/mol. The summed E-state index contributed by atoms with van der Waals surface area (Å²) in [5.41, 5.74) is 6.66. The topological polar surface area (TPSA) is 72.8 Å². The molecule has 0 aromatic heterocycles. The molecule has 0 saturated heterocycles. The van der Waals surface area contributed by atoms with E-state index in [9.17, 15) is 13.2 Å². The fourth-order valence-electron chi connectivity index (χ4n) is 1.68. The van der Waals surface area contributed by atoms with E-state index < -0.39 is 12.7 Å². The van der Waals surface area contributed by atoms with Crippen molar-refractivity contribution in [1.82, 2.24) is 21.5 Å². The summed E-state index contributed by atoms with van der Waals surface area (Å²) >= 11 is 12.0. The summed E-state index contributed by atoms with van der Waals surface area (Å²) in [5, 5.41) is 13.3. The average Bonchev–Trinajstić information content (AvgIpc) is 2.59. The predicted octanol–water partition coefficient (Wildman–Crippen LogP) is 2.88. The third kappa shape index (κ3) is 9.81. The second kappa shape index (κ2) is 11.3. The Hall–Kier alpha value is -1.54. The van der Waals surface area contributed by atoms with Crippen LogP contribution >= 0.6 is 47.0 Å². The minimum absolute atomic E-state index is 0.251. The monoisotopic (exact) mass is 530 g/mol. The third-order valence-electron chi connectivity index (χ3n) is 2.84. The van der Waals surface area contributed by atoms with Crippen molar-refractivity contribution >= 4 is 68.7 Å². The first-order valence-corrected chi connectivity index (χ1v) is 9.54. The summed E-state index contributed by atoms with van der Waals surface area (Å²) in [6.07, 6.45) is -4.38. The van der Waals surface area contributed by atoms with E-state index in [1.54, 1.807) is 6.92 Å². The van der Waals surface area contributed by atoms with Crippen LogP contribution in [0.25, 0.3) is 0 Å². The van der Waals surface area contributed by atoms with E-state index in [-0.39, 0.29) is 5.11 Å². The average molecular weight is 530 g/mol. The molecule has 1 aromatic rings. The van der Waals surface area contributed by atoms with Crippen molar-refractivity contribution < 1.29 is 13.2 Å². The number of halogens is 4. The molecular weight excluding hydrogens is 512 g/mol. The van der Waals surface area contributed by atoms with Crippen molar-refractivity contribution in [2.45, 2.75) is 20.0 Å². The van der Waals surface area contributed by atoms with Gasteiger partial charge in [0.25, 0.3) is 0 Å². The SMILES string of the molecule is CCNC(=S)NN=C(C)C(=NNC(=S)NCC(F)(F)F)c1ccc(I)cc1. The quantitative estimate of drug-likeness (QED) is 0.196. The van der Waals surface area contributed by atoms with Gasteiger partial charge < -0.3 is 10.6 Å². The lowest BCUT2D eigenvalue weighted by atomic mass is 10.1. The number of benzene rings is 1. The van der Waals surface area contributed by atoms with E-state index in [4.69, 9.17) is 24.4 Å². The Morgan fingerprint density at radius 1 is 1.04 bits per heavy atom. The zero-order chi connectivity index (χ0) is 20.4. The fraction of sp³-hybridized carbons (Fsp3) is 0.333. The number of hydrogen-bond donors (Lipinski definition) is 4. The Kier molecular flexibility index (Phi) is 9.87. The van der Waals surface area contributed by atoms with E-state index in [0.717, 1.165) is 3.57 Å². The van der Waals surface area contributed by atoms with Crippen LogP contribution in [0.4, 0.5) is 13.2 Å². The Labute approximate surface area is 179 Å². The van der Waals surface area contributed by atoms with Gasteiger partial charge in [-0.05, 0) is 73.0 Å². The first-order valence-electron chi connectivity index (χ1n) is 7.65. The van der Waals surface area contributed by atoms with Gasteiger partial charge in [-0.15, -0.1) is 0 Å². The molecular formula is C15H18F3IN6S2. The van der Waals surface area contributed by atoms with Gasteiger partial charge in [0.1, 0.15) is 12.3 Å². The fourth-order valence-corrected chi connectivity index (χ4v) is 2.34. The Balaban J connectivity index is 2.97. The van der Waals surface area contributed by atoms with Crippen molar-refractivity contribution in [3.63, 3.8) is 0 Å². The van der Waals surface area contributed by atoms with Gasteiger partial charge >= 0.3 is 6.18 Å². The highest BCUT2D eigenvalue weighted by atomic mass is 127. The number of nitrogens with one attached hydrogen (secondary N) is 4. The minimum Gasteiger partial charge on any atom is -0.362 e. The van der Waals surface area contributed by atoms with Crippen molar-refractivity contribution in [3.05, 3.63) is 33.4 Å². The molecule has 4 N–H and O–H groups in total. The maximum Gasteiger partial charge on any atom is 0.405 e. The molecule has 148 valence electrons. The molecule has 27 heavy (non-hydrogen) atoms. The Bertz CT molecular complexity index is 719. The Morgan fingerprint density at radius 2 is 1.59 bits per heavy atom. The molecule has 0 amide bonds. The molecule has 0 bridgehead atoms. The van der Waals surface area contributed by atoms with E-state index >= 15 is 0 Å². The summed E-state index contributed by atoms with van der Waals surface area (Å²) in [6, 6.07) is 7.37. The van der Waals surface area contributed by atoms with Crippen LogP contribution < -0.4 is 21.5 Å². The normalized spacial score (nSPS) is 12.4. The van der Waals surface area contributed by atoms with Gasteiger partial charge in [0.15, 0.2) is 10.2 Å². The third-order valence-corrected chi connectivity index (χ3v) is 4.03. The molecule has 1 aromatic carbocycles. The summed E-state index contributed by atoms with van der Waals surface area (Å²) in [4.78, 5) is 0. The van der Waals surface area contributed by atoms with E-state index in [2.05, 4.69) is 49.0 Å². The van der Waals surface area contributed by atoms with Crippen molar-refractivity contribution in [2.24, 2.45) is 10.2 Å². The molecule has 0 radical (unpaired) electrons. The second-order valence-electron chi connectivity index (χ2n) is 5.05. The molecule has 12 heteroatoms. The molecule has 6 nitrogen and oxygen atoms in total. The maximum atomic E-state index is 12.3. The van der Waals surface area contributed by atoms with Gasteiger partial charge in [-0.1, -0.05) is 12.1 Å². The molecule has 0 fully saturated rings. The van der Waals surface area contributed by atoms with Gasteiger partial charge in [0, 0.05) is 15.7 Å². The number of rotatable bonds is 6. The maximum absolute atomic E-state index is 12.3. The van der Waals surface area contributed by atoms with Crippen LogP contribution in [0.5, 0.6) is 0 Å². The van der Waals surface area contributed by atoms with Gasteiger partial charge in [-0.3, -0.25) is 10.9 Å². The van der Waals surface area contributed by atoms with Crippen LogP contribution in [-0.2, 0) is 0 Å². The van der Waals surface area contributed by atoms with Crippen molar-refractivity contribution in [2.75, 3.05) is 13.1 Å². The molecule has 0 heterocycles. The molecule has 0 saturated carbocycles. The minimum atomic E-state index is -4.38. The van der Waals surface area contributed by atoms with Crippen LogP contribution in [0.2, 0.25) is 0 Å². The Morgan fingerprint density at radius 3 is 2.15 bits per heavy atom. The highest BCUT2D eigenvalue weighted by Gasteiger charge is 2.27. The van der Waals surface area contributed by atoms with Gasteiger partial charge in [0.2, 0.25) is 0 Å². The largest absolute Gasteiger partial charge is 0.405 e. The van der Waals surface area contributed by atoms with Crippen LogP contribution in [-0.4, -0.2) is 40.9 Å². The van der Waals surface area contributed by atoms with E-state index in [1.807, 2.05) is 36.5 Å². The van der Waals surface area contributed by atoms with Crippen LogP contribution in [0, 0.1) is 3.57 Å². The van der Waals surface area contributed by atoms with Crippen LogP contribution in [0.15, 0.2) is 34.5 Å². The number of nitrogens with zero attached hydrogens (tertiary/aromatic N) is 2. The molecule has 0 spiro atoms. The molecule has 0 unspecified atom stereocenters. The molecule has 0 aliphatic carbocycles. The van der Waals surface area contributed by atoms with Gasteiger partial charge in [-0.25, -0.2) is 0 Å². The lowest BCUT2D eigenvalue weighted by molar-refractivity contribution is -0.122.